The van der Waals surface area contributed by atoms with E-state index >= 15 is 0 Å². The number of rotatable bonds is 9. The van der Waals surface area contributed by atoms with Gasteiger partial charge in [0.25, 0.3) is 0 Å². The highest BCUT2D eigenvalue weighted by atomic mass is 16.5. The molecule has 2 N–H and O–H groups in total. The number of aliphatic hydroxyl groups is 1. The van der Waals surface area contributed by atoms with Crippen molar-refractivity contribution in [3.63, 3.8) is 0 Å². The van der Waals surface area contributed by atoms with Crippen LogP contribution in [0.2, 0.25) is 0 Å². The molecule has 0 aromatic heterocycles. The minimum Gasteiger partial charge on any atom is -0.394 e. The monoisotopic (exact) mass is 239 g/mol. The summed E-state index contributed by atoms with van der Waals surface area (Å²) < 4.78 is 10.2. The molecule has 0 amide bonds. The summed E-state index contributed by atoms with van der Waals surface area (Å²) in [5, 5.41) is 12.5. The van der Waals surface area contributed by atoms with Gasteiger partial charge in [0.1, 0.15) is 0 Å². The normalized spacial score (nSPS) is 12.6. The van der Waals surface area contributed by atoms with E-state index in [1.54, 1.807) is 7.11 Å². The Labute approximate surface area is 103 Å². The summed E-state index contributed by atoms with van der Waals surface area (Å²) in [6.07, 6.45) is 0. The van der Waals surface area contributed by atoms with E-state index in [2.05, 4.69) is 5.32 Å². The predicted octanol–water partition coefficient (Wildman–Crippen LogP) is 0.973. The summed E-state index contributed by atoms with van der Waals surface area (Å²) in [4.78, 5) is 0. The van der Waals surface area contributed by atoms with Crippen molar-refractivity contribution in [2.45, 2.75) is 6.04 Å². The Morgan fingerprint density at radius 1 is 1.18 bits per heavy atom. The number of ether oxygens (including phenoxy) is 2. The second kappa shape index (κ2) is 9.13. The first kappa shape index (κ1) is 14.1. The third kappa shape index (κ3) is 5.79. The topological polar surface area (TPSA) is 50.7 Å². The average Bonchev–Trinajstić information content (AvgIpc) is 2.39. The number of benzene rings is 1. The zero-order chi connectivity index (χ0) is 12.3. The van der Waals surface area contributed by atoms with E-state index in [1.165, 1.54) is 0 Å². The zero-order valence-corrected chi connectivity index (χ0v) is 10.3. The number of aliphatic hydroxyl groups excluding tert-OH is 1. The minimum absolute atomic E-state index is 0.0257. The van der Waals surface area contributed by atoms with Crippen molar-refractivity contribution >= 4 is 0 Å². The molecule has 0 bridgehead atoms. The molecule has 1 aromatic carbocycles. The lowest BCUT2D eigenvalue weighted by molar-refractivity contribution is 0.0700. The first-order chi connectivity index (χ1) is 8.38. The maximum atomic E-state index is 9.30. The van der Waals surface area contributed by atoms with Crippen LogP contribution in [-0.4, -0.2) is 45.2 Å². The first-order valence-electron chi connectivity index (χ1n) is 5.84. The molecule has 0 saturated heterocycles. The van der Waals surface area contributed by atoms with Crippen LogP contribution >= 0.6 is 0 Å². The summed E-state index contributed by atoms with van der Waals surface area (Å²) in [6, 6.07) is 9.87. The largest absolute Gasteiger partial charge is 0.394 e. The average molecular weight is 239 g/mol. The molecule has 4 heteroatoms. The number of hydrogen-bond acceptors (Lipinski definition) is 4. The fourth-order valence-electron chi connectivity index (χ4n) is 1.52. The molecular formula is C13H21NO3. The third-order valence-electron chi connectivity index (χ3n) is 2.45. The molecule has 0 fully saturated rings. The summed E-state index contributed by atoms with van der Waals surface area (Å²) in [5.41, 5.74) is 1.09. The van der Waals surface area contributed by atoms with E-state index < -0.39 is 0 Å². The van der Waals surface area contributed by atoms with Crippen molar-refractivity contribution in [2.75, 3.05) is 40.1 Å². The quantitative estimate of drug-likeness (QED) is 0.631. The van der Waals surface area contributed by atoms with Crippen molar-refractivity contribution in [1.29, 1.82) is 0 Å². The van der Waals surface area contributed by atoms with Gasteiger partial charge in [-0.2, -0.15) is 0 Å². The minimum atomic E-state index is -0.0257. The van der Waals surface area contributed by atoms with Gasteiger partial charge >= 0.3 is 0 Å². The SMILES string of the molecule is COCCOCCNC(CO)c1ccccc1. The van der Waals surface area contributed by atoms with E-state index in [0.717, 1.165) is 5.56 Å². The second-order valence-corrected chi connectivity index (χ2v) is 3.71. The zero-order valence-electron chi connectivity index (χ0n) is 10.3. The van der Waals surface area contributed by atoms with E-state index in [9.17, 15) is 5.11 Å². The van der Waals surface area contributed by atoms with Gasteiger partial charge in [-0.15, -0.1) is 0 Å². The van der Waals surface area contributed by atoms with Crippen LogP contribution in [0.5, 0.6) is 0 Å². The lowest BCUT2D eigenvalue weighted by Gasteiger charge is -2.16. The Balaban J connectivity index is 2.20. The Hall–Kier alpha value is -0.940. The van der Waals surface area contributed by atoms with E-state index in [0.29, 0.717) is 26.4 Å². The Kier molecular flexibility index (Phi) is 7.58. The van der Waals surface area contributed by atoms with Crippen LogP contribution in [0.25, 0.3) is 0 Å². The van der Waals surface area contributed by atoms with Crippen LogP contribution in [0.1, 0.15) is 11.6 Å². The van der Waals surface area contributed by atoms with Crippen molar-refractivity contribution in [3.05, 3.63) is 35.9 Å². The number of nitrogens with one attached hydrogen (secondary N) is 1. The molecule has 96 valence electrons. The second-order valence-electron chi connectivity index (χ2n) is 3.71. The fourth-order valence-corrected chi connectivity index (χ4v) is 1.52. The molecule has 1 unspecified atom stereocenters. The van der Waals surface area contributed by atoms with Gasteiger partial charge in [-0.05, 0) is 5.56 Å². The van der Waals surface area contributed by atoms with E-state index in [-0.39, 0.29) is 12.6 Å². The lowest BCUT2D eigenvalue weighted by Crippen LogP contribution is -2.28. The molecule has 0 aliphatic carbocycles. The summed E-state index contributed by atoms with van der Waals surface area (Å²) in [7, 11) is 1.65. The summed E-state index contributed by atoms with van der Waals surface area (Å²) >= 11 is 0. The summed E-state index contributed by atoms with van der Waals surface area (Å²) in [6.45, 7) is 2.63. The van der Waals surface area contributed by atoms with Crippen LogP contribution in [0.15, 0.2) is 30.3 Å². The highest BCUT2D eigenvalue weighted by Gasteiger charge is 2.07. The lowest BCUT2D eigenvalue weighted by atomic mass is 10.1. The molecular weight excluding hydrogens is 218 g/mol. The van der Waals surface area contributed by atoms with Gasteiger partial charge in [0.2, 0.25) is 0 Å². The van der Waals surface area contributed by atoms with Gasteiger partial charge in [-0.1, -0.05) is 30.3 Å². The van der Waals surface area contributed by atoms with Crippen LogP contribution in [0, 0.1) is 0 Å². The molecule has 0 radical (unpaired) electrons. The van der Waals surface area contributed by atoms with Gasteiger partial charge in [-0.25, -0.2) is 0 Å². The van der Waals surface area contributed by atoms with E-state index in [1.807, 2.05) is 30.3 Å². The highest BCUT2D eigenvalue weighted by molar-refractivity contribution is 5.18. The Morgan fingerprint density at radius 2 is 1.94 bits per heavy atom. The maximum absolute atomic E-state index is 9.30. The third-order valence-corrected chi connectivity index (χ3v) is 2.45. The van der Waals surface area contributed by atoms with Crippen molar-refractivity contribution in [1.82, 2.24) is 5.32 Å². The first-order valence-corrected chi connectivity index (χ1v) is 5.84. The van der Waals surface area contributed by atoms with Gasteiger partial charge in [-0.3, -0.25) is 0 Å². The Morgan fingerprint density at radius 3 is 2.59 bits per heavy atom. The molecule has 4 nitrogen and oxygen atoms in total. The van der Waals surface area contributed by atoms with Crippen LogP contribution in [0.3, 0.4) is 0 Å². The smallest absolute Gasteiger partial charge is 0.0700 e. The molecule has 17 heavy (non-hydrogen) atoms. The maximum Gasteiger partial charge on any atom is 0.0700 e. The fraction of sp³-hybridized carbons (Fsp3) is 0.538. The summed E-state index contributed by atoms with van der Waals surface area (Å²) in [5.74, 6) is 0. The molecule has 0 heterocycles. The standard InChI is InChI=1S/C13H21NO3/c1-16-9-10-17-8-7-14-13(11-15)12-5-3-2-4-6-12/h2-6,13-15H,7-11H2,1H3. The molecule has 0 saturated carbocycles. The van der Waals surface area contributed by atoms with Crippen LogP contribution < -0.4 is 5.32 Å². The van der Waals surface area contributed by atoms with Crippen molar-refractivity contribution < 1.29 is 14.6 Å². The van der Waals surface area contributed by atoms with Crippen molar-refractivity contribution in [2.24, 2.45) is 0 Å². The van der Waals surface area contributed by atoms with E-state index in [4.69, 9.17) is 9.47 Å². The Bertz CT molecular complexity index is 279. The van der Waals surface area contributed by atoms with Gasteiger partial charge < -0.3 is 19.9 Å². The van der Waals surface area contributed by atoms with Crippen molar-refractivity contribution in [3.8, 4) is 0 Å². The van der Waals surface area contributed by atoms with Gasteiger partial charge in [0, 0.05) is 13.7 Å². The number of methoxy groups -OCH3 is 1. The number of hydrogen-bond donors (Lipinski definition) is 2. The molecule has 0 aliphatic rings. The predicted molar refractivity (Wildman–Crippen MR) is 67.0 cm³/mol. The molecule has 0 aliphatic heterocycles. The highest BCUT2D eigenvalue weighted by Crippen LogP contribution is 2.10. The molecule has 1 aromatic rings. The molecule has 1 rings (SSSR count). The van der Waals surface area contributed by atoms with Crippen LogP contribution in [-0.2, 0) is 9.47 Å². The molecule has 1 atom stereocenters. The van der Waals surface area contributed by atoms with Crippen LogP contribution in [0.4, 0.5) is 0 Å². The molecule has 0 spiro atoms. The van der Waals surface area contributed by atoms with Gasteiger partial charge in [0.05, 0.1) is 32.5 Å². The van der Waals surface area contributed by atoms with Gasteiger partial charge in [0.15, 0.2) is 0 Å².